The zero-order valence-electron chi connectivity index (χ0n) is 12.0. The van der Waals surface area contributed by atoms with E-state index in [1.807, 2.05) is 13.0 Å². The molecule has 0 atom stereocenters. The van der Waals surface area contributed by atoms with Crippen molar-refractivity contribution in [3.63, 3.8) is 0 Å². The molecule has 1 aromatic heterocycles. The number of halogens is 1. The van der Waals surface area contributed by atoms with Crippen LogP contribution >= 0.6 is 11.3 Å². The summed E-state index contributed by atoms with van der Waals surface area (Å²) in [7, 11) is 0. The molecule has 3 rings (SSSR count). The highest BCUT2D eigenvalue weighted by molar-refractivity contribution is 7.17. The monoisotopic (exact) mass is 299 g/mol. The molecule has 0 fully saturated rings. The van der Waals surface area contributed by atoms with Crippen molar-refractivity contribution in [2.75, 3.05) is 6.54 Å². The number of benzene rings is 2. The van der Waals surface area contributed by atoms with Crippen molar-refractivity contribution in [3.8, 4) is 0 Å². The third-order valence-corrected chi connectivity index (χ3v) is 4.76. The Labute approximate surface area is 128 Å². The summed E-state index contributed by atoms with van der Waals surface area (Å²) in [5.74, 6) is -0.158. The van der Waals surface area contributed by atoms with Gasteiger partial charge in [-0.1, -0.05) is 24.3 Å². The standard InChI is InChI=1S/C18H18FNS/c1-13-10-16(19)7-6-14(13)8-9-20-11-15-12-21-18-5-3-2-4-17(15)18/h2-7,10,12,20H,8-9,11H2,1H3. The molecule has 21 heavy (non-hydrogen) atoms. The predicted octanol–water partition coefficient (Wildman–Crippen LogP) is 4.68. The fourth-order valence-corrected chi connectivity index (χ4v) is 3.52. The Balaban J connectivity index is 1.57. The van der Waals surface area contributed by atoms with E-state index in [4.69, 9.17) is 0 Å². The van der Waals surface area contributed by atoms with E-state index >= 15 is 0 Å². The number of fused-ring (bicyclic) bond motifs is 1. The van der Waals surface area contributed by atoms with Gasteiger partial charge in [-0.2, -0.15) is 0 Å². The van der Waals surface area contributed by atoms with E-state index in [1.165, 1.54) is 27.3 Å². The molecule has 0 saturated heterocycles. The second-order valence-electron chi connectivity index (χ2n) is 5.25. The lowest BCUT2D eigenvalue weighted by molar-refractivity contribution is 0.624. The molecular weight excluding hydrogens is 281 g/mol. The first-order valence-electron chi connectivity index (χ1n) is 7.15. The Hall–Kier alpha value is -1.71. The van der Waals surface area contributed by atoms with Crippen LogP contribution in [0.2, 0.25) is 0 Å². The highest BCUT2D eigenvalue weighted by atomic mass is 32.1. The van der Waals surface area contributed by atoms with Crippen molar-refractivity contribution in [2.24, 2.45) is 0 Å². The van der Waals surface area contributed by atoms with Gasteiger partial charge in [-0.25, -0.2) is 4.39 Å². The van der Waals surface area contributed by atoms with Crippen molar-refractivity contribution in [1.82, 2.24) is 5.32 Å². The lowest BCUT2D eigenvalue weighted by Gasteiger charge is -2.07. The molecule has 0 aliphatic rings. The van der Waals surface area contributed by atoms with Crippen molar-refractivity contribution in [1.29, 1.82) is 0 Å². The Bertz CT molecular complexity index is 748. The van der Waals surface area contributed by atoms with Gasteiger partial charge in [0, 0.05) is 11.2 Å². The molecule has 0 bridgehead atoms. The van der Waals surface area contributed by atoms with Gasteiger partial charge in [0.1, 0.15) is 5.82 Å². The zero-order valence-corrected chi connectivity index (χ0v) is 12.8. The minimum Gasteiger partial charge on any atom is -0.312 e. The molecule has 3 heteroatoms. The van der Waals surface area contributed by atoms with Crippen LogP contribution in [-0.4, -0.2) is 6.54 Å². The van der Waals surface area contributed by atoms with Gasteiger partial charge in [0.2, 0.25) is 0 Å². The second-order valence-corrected chi connectivity index (χ2v) is 6.17. The van der Waals surface area contributed by atoms with E-state index in [1.54, 1.807) is 17.4 Å². The van der Waals surface area contributed by atoms with Crippen LogP contribution in [0.1, 0.15) is 16.7 Å². The Morgan fingerprint density at radius 1 is 1.10 bits per heavy atom. The van der Waals surface area contributed by atoms with Crippen LogP contribution in [0.15, 0.2) is 47.8 Å². The first kappa shape index (κ1) is 14.2. The summed E-state index contributed by atoms with van der Waals surface area (Å²) in [6.45, 7) is 3.74. The van der Waals surface area contributed by atoms with Gasteiger partial charge in [0.25, 0.3) is 0 Å². The smallest absolute Gasteiger partial charge is 0.123 e. The molecule has 0 aliphatic carbocycles. The third kappa shape index (κ3) is 3.31. The summed E-state index contributed by atoms with van der Waals surface area (Å²) in [5, 5.41) is 7.05. The minimum absolute atomic E-state index is 0.158. The zero-order chi connectivity index (χ0) is 14.7. The van der Waals surface area contributed by atoms with Gasteiger partial charge < -0.3 is 5.32 Å². The molecule has 1 nitrogen and oxygen atoms in total. The van der Waals surface area contributed by atoms with Crippen molar-refractivity contribution in [3.05, 3.63) is 70.4 Å². The van der Waals surface area contributed by atoms with Gasteiger partial charge in [0.15, 0.2) is 0 Å². The van der Waals surface area contributed by atoms with E-state index in [-0.39, 0.29) is 5.82 Å². The molecule has 3 aromatic rings. The largest absolute Gasteiger partial charge is 0.312 e. The molecule has 0 spiro atoms. The molecule has 108 valence electrons. The van der Waals surface area contributed by atoms with Crippen LogP contribution in [0.5, 0.6) is 0 Å². The van der Waals surface area contributed by atoms with Crippen molar-refractivity contribution in [2.45, 2.75) is 19.9 Å². The number of nitrogens with one attached hydrogen (secondary N) is 1. The first-order valence-corrected chi connectivity index (χ1v) is 8.03. The molecule has 2 aromatic carbocycles. The normalized spacial score (nSPS) is 11.1. The molecule has 0 amide bonds. The maximum Gasteiger partial charge on any atom is 0.123 e. The van der Waals surface area contributed by atoms with Gasteiger partial charge in [0.05, 0.1) is 0 Å². The molecule has 0 saturated carbocycles. The minimum atomic E-state index is -0.158. The van der Waals surface area contributed by atoms with Gasteiger partial charge in [-0.15, -0.1) is 11.3 Å². The molecule has 1 N–H and O–H groups in total. The fourth-order valence-electron chi connectivity index (χ4n) is 2.56. The average molecular weight is 299 g/mol. The number of rotatable bonds is 5. The molecule has 0 radical (unpaired) electrons. The van der Waals surface area contributed by atoms with Crippen LogP contribution in [0.25, 0.3) is 10.1 Å². The molecule has 0 unspecified atom stereocenters. The average Bonchev–Trinajstić information content (AvgIpc) is 2.89. The maximum absolute atomic E-state index is 13.1. The van der Waals surface area contributed by atoms with Crippen LogP contribution in [-0.2, 0) is 13.0 Å². The molecule has 1 heterocycles. The van der Waals surface area contributed by atoms with Gasteiger partial charge >= 0.3 is 0 Å². The summed E-state index contributed by atoms with van der Waals surface area (Å²) in [6, 6.07) is 13.5. The summed E-state index contributed by atoms with van der Waals surface area (Å²) in [5.41, 5.74) is 3.59. The lowest BCUT2D eigenvalue weighted by atomic mass is 10.1. The summed E-state index contributed by atoms with van der Waals surface area (Å²) < 4.78 is 14.4. The fraction of sp³-hybridized carbons (Fsp3) is 0.222. The van der Waals surface area contributed by atoms with E-state index in [9.17, 15) is 4.39 Å². The van der Waals surface area contributed by atoms with Crippen LogP contribution in [0.3, 0.4) is 0 Å². The Morgan fingerprint density at radius 2 is 1.95 bits per heavy atom. The second kappa shape index (κ2) is 6.37. The quantitative estimate of drug-likeness (QED) is 0.674. The number of hydrogen-bond acceptors (Lipinski definition) is 2. The summed E-state index contributed by atoms with van der Waals surface area (Å²) in [6.07, 6.45) is 0.925. The number of hydrogen-bond donors (Lipinski definition) is 1. The Kier molecular flexibility index (Phi) is 4.32. The predicted molar refractivity (Wildman–Crippen MR) is 88.4 cm³/mol. The van der Waals surface area contributed by atoms with E-state index in [0.717, 1.165) is 25.1 Å². The van der Waals surface area contributed by atoms with E-state index in [2.05, 4.69) is 35.0 Å². The van der Waals surface area contributed by atoms with Crippen LogP contribution < -0.4 is 5.32 Å². The lowest BCUT2D eigenvalue weighted by Crippen LogP contribution is -2.16. The Morgan fingerprint density at radius 3 is 2.81 bits per heavy atom. The maximum atomic E-state index is 13.1. The topological polar surface area (TPSA) is 12.0 Å². The SMILES string of the molecule is Cc1cc(F)ccc1CCNCc1csc2ccccc12. The summed E-state index contributed by atoms with van der Waals surface area (Å²) >= 11 is 1.79. The molecule has 0 aliphatic heterocycles. The first-order chi connectivity index (χ1) is 10.2. The highest BCUT2D eigenvalue weighted by Gasteiger charge is 2.03. The van der Waals surface area contributed by atoms with Crippen LogP contribution in [0, 0.1) is 12.7 Å². The van der Waals surface area contributed by atoms with E-state index < -0.39 is 0 Å². The van der Waals surface area contributed by atoms with Crippen LogP contribution in [0.4, 0.5) is 4.39 Å². The summed E-state index contributed by atoms with van der Waals surface area (Å²) in [4.78, 5) is 0. The van der Waals surface area contributed by atoms with E-state index in [0.29, 0.717) is 0 Å². The number of aryl methyl sites for hydroxylation is 1. The van der Waals surface area contributed by atoms with Crippen molar-refractivity contribution < 1.29 is 4.39 Å². The number of thiophene rings is 1. The third-order valence-electron chi connectivity index (χ3n) is 3.75. The van der Waals surface area contributed by atoms with Crippen molar-refractivity contribution >= 4 is 21.4 Å². The molecular formula is C18H18FNS. The van der Waals surface area contributed by atoms with Gasteiger partial charge in [-0.3, -0.25) is 0 Å². The highest BCUT2D eigenvalue weighted by Crippen LogP contribution is 2.25. The van der Waals surface area contributed by atoms with Gasteiger partial charge in [-0.05, 0) is 65.5 Å².